The highest BCUT2D eigenvalue weighted by molar-refractivity contribution is 7.97. The number of fused-ring (bicyclic) bond motifs is 1. The molecule has 6 heteroatoms. The van der Waals surface area contributed by atoms with Crippen LogP contribution in [0.15, 0.2) is 59.0 Å². The van der Waals surface area contributed by atoms with Gasteiger partial charge in [0.1, 0.15) is 5.58 Å². The van der Waals surface area contributed by atoms with Crippen molar-refractivity contribution in [3.63, 3.8) is 0 Å². The van der Waals surface area contributed by atoms with Crippen LogP contribution in [-0.2, 0) is 21.0 Å². The second-order valence-electron chi connectivity index (χ2n) is 11.5. The first-order chi connectivity index (χ1) is 18.0. The lowest BCUT2D eigenvalue weighted by Crippen LogP contribution is -2.56. The third kappa shape index (κ3) is 5.05. The van der Waals surface area contributed by atoms with Gasteiger partial charge in [0.05, 0.1) is 0 Å². The zero-order valence-electron chi connectivity index (χ0n) is 21.4. The van der Waals surface area contributed by atoms with Crippen molar-refractivity contribution in [2.45, 2.75) is 63.0 Å². The lowest BCUT2D eigenvalue weighted by Gasteiger charge is -2.59. The van der Waals surface area contributed by atoms with Crippen LogP contribution in [0.25, 0.3) is 11.0 Å². The van der Waals surface area contributed by atoms with E-state index in [1.807, 2.05) is 42.5 Å². The number of esters is 1. The molecule has 3 aromatic rings. The highest BCUT2D eigenvalue weighted by atomic mass is 32.2. The molecule has 4 fully saturated rings. The Bertz CT molecular complexity index is 1250. The molecule has 5 nitrogen and oxygen atoms in total. The molecule has 0 unspecified atom stereocenters. The molecule has 1 amide bonds. The predicted octanol–water partition coefficient (Wildman–Crippen LogP) is 6.74. The van der Waals surface area contributed by atoms with E-state index in [2.05, 4.69) is 24.4 Å². The third-order valence-corrected chi connectivity index (χ3v) is 9.99. The lowest BCUT2D eigenvalue weighted by molar-refractivity contribution is -0.128. The number of benzene rings is 2. The Balaban J connectivity index is 1.08. The number of furan rings is 1. The summed E-state index contributed by atoms with van der Waals surface area (Å²) in [5.74, 6) is 3.32. The van der Waals surface area contributed by atoms with Crippen molar-refractivity contribution in [1.29, 1.82) is 0 Å². The van der Waals surface area contributed by atoms with Gasteiger partial charge in [-0.15, -0.1) is 0 Å². The van der Waals surface area contributed by atoms with Crippen molar-refractivity contribution >= 4 is 34.6 Å². The van der Waals surface area contributed by atoms with Crippen LogP contribution in [0.1, 0.15) is 67.1 Å². The number of hydrogen-bond acceptors (Lipinski definition) is 5. The Morgan fingerprint density at radius 1 is 0.973 bits per heavy atom. The van der Waals surface area contributed by atoms with Crippen molar-refractivity contribution in [2.75, 3.05) is 6.61 Å². The topological polar surface area (TPSA) is 68.5 Å². The van der Waals surface area contributed by atoms with Crippen LogP contribution in [0.5, 0.6) is 0 Å². The Hall–Kier alpha value is -2.73. The summed E-state index contributed by atoms with van der Waals surface area (Å²) in [6.07, 6.45) is 7.80. The van der Waals surface area contributed by atoms with E-state index in [1.165, 1.54) is 44.1 Å². The summed E-state index contributed by atoms with van der Waals surface area (Å²) in [5, 5.41) is 4.10. The van der Waals surface area contributed by atoms with Crippen LogP contribution in [-0.4, -0.2) is 24.5 Å². The maximum atomic E-state index is 13.1. The molecule has 1 atom stereocenters. The van der Waals surface area contributed by atoms with E-state index in [9.17, 15) is 9.59 Å². The van der Waals surface area contributed by atoms with Crippen LogP contribution in [0.2, 0.25) is 0 Å². The third-order valence-electron chi connectivity index (χ3n) is 8.96. The molecule has 4 bridgehead atoms. The van der Waals surface area contributed by atoms with E-state index in [4.69, 9.17) is 9.15 Å². The minimum atomic E-state index is -0.580. The summed E-state index contributed by atoms with van der Waals surface area (Å²) in [6, 6.07) is 18.0. The SMILES string of the molecule is C[C@@H](NC(=O)COC(=O)c1oc2ccccc2c1CSCc1ccccc1)C12CC3CC(CC(C3)C1)C2. The molecule has 194 valence electrons. The lowest BCUT2D eigenvalue weighted by atomic mass is 9.48. The van der Waals surface area contributed by atoms with Gasteiger partial charge in [-0.2, -0.15) is 11.8 Å². The van der Waals surface area contributed by atoms with Gasteiger partial charge in [0.15, 0.2) is 6.61 Å². The summed E-state index contributed by atoms with van der Waals surface area (Å²) in [7, 11) is 0. The largest absolute Gasteiger partial charge is 0.450 e. The van der Waals surface area contributed by atoms with E-state index in [0.29, 0.717) is 11.3 Å². The fourth-order valence-electron chi connectivity index (χ4n) is 7.59. The fraction of sp³-hybridized carbons (Fsp3) is 0.484. The standard InChI is InChI=1S/C31H35NO4S/c1-20(31-14-22-11-23(15-31)13-24(12-22)16-31)32-28(33)17-35-30(34)29-26(25-9-5-6-10-27(25)36-29)19-37-18-21-7-3-2-4-8-21/h2-10,20,22-24H,11-19H2,1H3,(H,32,33)/t20-,22?,23?,24?,31?/m1/s1. The number of ether oxygens (including phenoxy) is 1. The highest BCUT2D eigenvalue weighted by Crippen LogP contribution is 2.61. The first kappa shape index (κ1) is 24.6. The van der Waals surface area contributed by atoms with Gasteiger partial charge in [0.25, 0.3) is 5.91 Å². The van der Waals surface area contributed by atoms with Gasteiger partial charge in [-0.05, 0) is 80.2 Å². The van der Waals surface area contributed by atoms with Crippen LogP contribution in [0.4, 0.5) is 0 Å². The Kier molecular flexibility index (Phi) is 6.78. The number of rotatable bonds is 9. The van der Waals surface area contributed by atoms with E-state index >= 15 is 0 Å². The van der Waals surface area contributed by atoms with E-state index in [-0.39, 0.29) is 29.7 Å². The quantitative estimate of drug-likeness (QED) is 0.318. The minimum absolute atomic E-state index is 0.100. The number of para-hydroxylation sites is 1. The second-order valence-corrected chi connectivity index (χ2v) is 12.5. The van der Waals surface area contributed by atoms with Crippen LogP contribution in [0.3, 0.4) is 0 Å². The Labute approximate surface area is 222 Å². The Morgan fingerprint density at radius 3 is 2.32 bits per heavy atom. The number of carbonyl (C=O) groups excluding carboxylic acids is 2. The molecule has 37 heavy (non-hydrogen) atoms. The second kappa shape index (κ2) is 10.2. The molecule has 0 radical (unpaired) electrons. The molecule has 4 saturated carbocycles. The molecule has 4 aliphatic carbocycles. The van der Waals surface area contributed by atoms with Crippen molar-refractivity contribution in [3.05, 3.63) is 71.5 Å². The summed E-state index contributed by atoms with van der Waals surface area (Å²) < 4.78 is 11.4. The predicted molar refractivity (Wildman–Crippen MR) is 146 cm³/mol. The number of thioether (sulfide) groups is 1. The minimum Gasteiger partial charge on any atom is -0.450 e. The molecule has 0 saturated heterocycles. The first-order valence-electron chi connectivity index (χ1n) is 13.6. The average molecular weight is 518 g/mol. The number of carbonyl (C=O) groups is 2. The Morgan fingerprint density at radius 2 is 1.62 bits per heavy atom. The number of amides is 1. The van der Waals surface area contributed by atoms with Crippen molar-refractivity contribution in [2.24, 2.45) is 23.2 Å². The molecule has 1 N–H and O–H groups in total. The zero-order valence-corrected chi connectivity index (χ0v) is 22.2. The van der Waals surface area contributed by atoms with Crippen molar-refractivity contribution in [1.82, 2.24) is 5.32 Å². The zero-order chi connectivity index (χ0) is 25.4. The van der Waals surface area contributed by atoms with Crippen LogP contribution in [0, 0.1) is 23.2 Å². The van der Waals surface area contributed by atoms with Gasteiger partial charge in [0, 0.05) is 28.5 Å². The highest BCUT2D eigenvalue weighted by Gasteiger charge is 2.53. The van der Waals surface area contributed by atoms with Gasteiger partial charge in [-0.25, -0.2) is 4.79 Å². The smallest absolute Gasteiger partial charge is 0.375 e. The molecular formula is C31H35NO4S. The molecular weight excluding hydrogens is 482 g/mol. The molecule has 1 heterocycles. The van der Waals surface area contributed by atoms with E-state index in [1.54, 1.807) is 11.8 Å². The monoisotopic (exact) mass is 517 g/mol. The maximum absolute atomic E-state index is 13.1. The van der Waals surface area contributed by atoms with Gasteiger partial charge >= 0.3 is 5.97 Å². The first-order valence-corrected chi connectivity index (χ1v) is 14.7. The van der Waals surface area contributed by atoms with Crippen LogP contribution < -0.4 is 5.32 Å². The summed E-state index contributed by atoms with van der Waals surface area (Å²) in [5.41, 5.74) is 2.93. The summed E-state index contributed by atoms with van der Waals surface area (Å²) in [4.78, 5) is 25.9. The van der Waals surface area contributed by atoms with Crippen molar-refractivity contribution < 1.29 is 18.7 Å². The maximum Gasteiger partial charge on any atom is 0.375 e. The number of hydrogen-bond donors (Lipinski definition) is 1. The molecule has 2 aromatic carbocycles. The van der Waals surface area contributed by atoms with Gasteiger partial charge in [-0.1, -0.05) is 48.5 Å². The summed E-state index contributed by atoms with van der Waals surface area (Å²) >= 11 is 1.72. The van der Waals surface area contributed by atoms with Gasteiger partial charge in [0.2, 0.25) is 5.76 Å². The average Bonchev–Trinajstić information content (AvgIpc) is 3.26. The van der Waals surface area contributed by atoms with Crippen LogP contribution >= 0.6 is 11.8 Å². The number of nitrogens with one attached hydrogen (secondary N) is 1. The van der Waals surface area contributed by atoms with Gasteiger partial charge < -0.3 is 14.5 Å². The van der Waals surface area contributed by atoms with E-state index < -0.39 is 5.97 Å². The molecule has 7 rings (SSSR count). The molecule has 0 aliphatic heterocycles. The van der Waals surface area contributed by atoms with Crippen molar-refractivity contribution in [3.8, 4) is 0 Å². The molecule has 0 spiro atoms. The molecule has 4 aliphatic rings. The normalized spacial score (nSPS) is 26.8. The van der Waals surface area contributed by atoms with E-state index in [0.717, 1.165) is 34.5 Å². The summed E-state index contributed by atoms with van der Waals surface area (Å²) in [6.45, 7) is 1.86. The molecule has 1 aromatic heterocycles. The fourth-order valence-corrected chi connectivity index (χ4v) is 8.61. The van der Waals surface area contributed by atoms with Gasteiger partial charge in [-0.3, -0.25) is 4.79 Å².